The summed E-state index contributed by atoms with van der Waals surface area (Å²) in [5.74, 6) is 0.242. The van der Waals surface area contributed by atoms with Crippen LogP contribution in [0, 0.1) is 0 Å². The van der Waals surface area contributed by atoms with E-state index in [1.54, 1.807) is 19.1 Å². The molecule has 48 heavy (non-hydrogen) atoms. The van der Waals surface area contributed by atoms with Gasteiger partial charge in [0.05, 0.1) is 25.5 Å². The molecule has 2 aromatic heterocycles. The fraction of sp³-hybridized carbons (Fsp3) is 0.824. The molecule has 3 heterocycles. The molecule has 0 amide bonds. The van der Waals surface area contributed by atoms with E-state index in [1.807, 2.05) is 0 Å². The third-order valence-electron chi connectivity index (χ3n) is 9.26. The topological polar surface area (TPSA) is 180 Å². The lowest BCUT2D eigenvalue weighted by Gasteiger charge is -2.27. The standard InChI is InChI=1S/C34H61N4O9P/c1-4-5-6-7-8-9-10-11-12-13-14-15-16-17-18-19-22-44-23-27(43-3)24-45-48(41,42)46-25-29-31(39)32(40)34(2,47-29)30-21-20-28-33(35)36-26-37-38(28)30/h20-21,26-27,29,31-32,39-40H,4-19,22-25H2,1-3H3,(H,41,42)(H2,35,36,37)/t27-,29?,31-,32-,34+/m1/s1. The van der Waals surface area contributed by atoms with Crippen LogP contribution in [0.5, 0.6) is 0 Å². The number of hydrogen-bond acceptors (Lipinski definition) is 11. The van der Waals surface area contributed by atoms with Crippen LogP contribution in [-0.2, 0) is 33.4 Å². The number of phosphoric ester groups is 1. The van der Waals surface area contributed by atoms with Crippen molar-refractivity contribution in [1.29, 1.82) is 0 Å². The van der Waals surface area contributed by atoms with Gasteiger partial charge < -0.3 is 35.1 Å². The number of phosphoric acid groups is 1. The zero-order valence-electron chi connectivity index (χ0n) is 29.3. The molecule has 2 aromatic rings. The van der Waals surface area contributed by atoms with Crippen LogP contribution in [0.2, 0.25) is 0 Å². The van der Waals surface area contributed by atoms with Crippen LogP contribution in [0.1, 0.15) is 122 Å². The van der Waals surface area contributed by atoms with Crippen LogP contribution in [-0.4, -0.2) is 87.7 Å². The summed E-state index contributed by atoms with van der Waals surface area (Å²) in [6.07, 6.45) is 17.7. The lowest BCUT2D eigenvalue weighted by Crippen LogP contribution is -2.39. The number of rotatable bonds is 27. The molecule has 0 bridgehead atoms. The SMILES string of the molecule is CCCCCCCCCCCCCCCCCCOC[C@H](COP(=O)(O)OCC1O[C@@](C)(c2ccc3c(N)ncnn23)[C@H](O)[C@@H]1O)OC. The van der Waals surface area contributed by atoms with Gasteiger partial charge in [-0.15, -0.1) is 0 Å². The molecule has 0 spiro atoms. The van der Waals surface area contributed by atoms with E-state index in [0.717, 1.165) is 12.8 Å². The molecule has 1 saturated heterocycles. The highest BCUT2D eigenvalue weighted by atomic mass is 31.2. The van der Waals surface area contributed by atoms with Crippen molar-refractivity contribution >= 4 is 19.2 Å². The Morgan fingerprint density at radius 3 is 2.10 bits per heavy atom. The Morgan fingerprint density at radius 2 is 1.52 bits per heavy atom. The van der Waals surface area contributed by atoms with Gasteiger partial charge in [-0.1, -0.05) is 103 Å². The number of nitrogen functional groups attached to an aromatic ring is 1. The van der Waals surface area contributed by atoms with Crippen LogP contribution in [0.15, 0.2) is 18.5 Å². The average Bonchev–Trinajstić information content (AvgIpc) is 3.61. The number of aliphatic hydroxyl groups excluding tert-OH is 2. The maximum absolute atomic E-state index is 12.6. The predicted octanol–water partition coefficient (Wildman–Crippen LogP) is 6.07. The van der Waals surface area contributed by atoms with Gasteiger partial charge in [0, 0.05) is 13.7 Å². The summed E-state index contributed by atoms with van der Waals surface area (Å²) in [5, 5.41) is 25.7. The van der Waals surface area contributed by atoms with Crippen LogP contribution >= 0.6 is 7.82 Å². The predicted molar refractivity (Wildman–Crippen MR) is 185 cm³/mol. The summed E-state index contributed by atoms with van der Waals surface area (Å²) in [7, 11) is -3.06. The van der Waals surface area contributed by atoms with Crippen molar-refractivity contribution < 1.29 is 42.9 Å². The lowest BCUT2D eigenvalue weighted by molar-refractivity contribution is -0.0895. The van der Waals surface area contributed by atoms with Crippen molar-refractivity contribution in [3.63, 3.8) is 0 Å². The van der Waals surface area contributed by atoms with Gasteiger partial charge in [0.1, 0.15) is 41.9 Å². The third kappa shape index (κ3) is 12.9. The highest BCUT2D eigenvalue weighted by Crippen LogP contribution is 2.46. The summed E-state index contributed by atoms with van der Waals surface area (Å²) in [5.41, 5.74) is 5.43. The second-order valence-electron chi connectivity index (χ2n) is 13.2. The van der Waals surface area contributed by atoms with E-state index in [4.69, 9.17) is 29.0 Å². The fourth-order valence-electron chi connectivity index (χ4n) is 6.19. The van der Waals surface area contributed by atoms with Crippen molar-refractivity contribution in [2.45, 2.75) is 147 Å². The molecule has 1 aliphatic heterocycles. The number of hydrogen-bond donors (Lipinski definition) is 4. The molecule has 0 saturated carbocycles. The summed E-state index contributed by atoms with van der Waals surface area (Å²) in [6.45, 7) is 3.91. The van der Waals surface area contributed by atoms with Gasteiger partial charge in [-0.05, 0) is 25.5 Å². The maximum atomic E-state index is 12.6. The van der Waals surface area contributed by atoms with E-state index in [0.29, 0.717) is 17.8 Å². The Hall–Kier alpha value is -1.67. The van der Waals surface area contributed by atoms with Crippen LogP contribution in [0.4, 0.5) is 5.82 Å². The van der Waals surface area contributed by atoms with Crippen LogP contribution in [0.3, 0.4) is 0 Å². The minimum absolute atomic E-state index is 0.212. The fourth-order valence-corrected chi connectivity index (χ4v) is 6.95. The molecule has 3 rings (SSSR count). The summed E-state index contributed by atoms with van der Waals surface area (Å²) in [6, 6.07) is 3.34. The number of ether oxygens (including phenoxy) is 3. The first-order valence-corrected chi connectivity index (χ1v) is 19.5. The minimum Gasteiger partial charge on any atom is -0.387 e. The van der Waals surface area contributed by atoms with Crippen molar-refractivity contribution in [2.75, 3.05) is 39.3 Å². The molecule has 2 unspecified atom stereocenters. The maximum Gasteiger partial charge on any atom is 0.472 e. The van der Waals surface area contributed by atoms with E-state index in [9.17, 15) is 19.7 Å². The molecular weight excluding hydrogens is 639 g/mol. The second kappa shape index (κ2) is 21.5. The molecule has 1 fully saturated rings. The van der Waals surface area contributed by atoms with Crippen molar-refractivity contribution in [1.82, 2.24) is 14.6 Å². The van der Waals surface area contributed by atoms with E-state index in [1.165, 1.54) is 108 Å². The van der Waals surface area contributed by atoms with Crippen molar-refractivity contribution in [2.24, 2.45) is 0 Å². The van der Waals surface area contributed by atoms with E-state index >= 15 is 0 Å². The zero-order chi connectivity index (χ0) is 34.8. The molecule has 6 atom stereocenters. The number of aliphatic hydroxyl groups is 2. The van der Waals surface area contributed by atoms with E-state index in [2.05, 4.69) is 17.0 Å². The number of nitrogens with two attached hydrogens (primary N) is 1. The number of unbranched alkanes of at least 4 members (excludes halogenated alkanes) is 15. The average molecular weight is 701 g/mol. The molecular formula is C34H61N4O9P. The first kappa shape index (κ1) is 40.8. The zero-order valence-corrected chi connectivity index (χ0v) is 30.2. The molecule has 14 heteroatoms. The van der Waals surface area contributed by atoms with Crippen molar-refractivity contribution in [3.8, 4) is 0 Å². The molecule has 0 aliphatic carbocycles. The van der Waals surface area contributed by atoms with E-state index < -0.39 is 44.4 Å². The Balaban J connectivity index is 1.23. The van der Waals surface area contributed by atoms with Gasteiger partial charge in [-0.3, -0.25) is 9.05 Å². The molecule has 13 nitrogen and oxygen atoms in total. The monoisotopic (exact) mass is 700 g/mol. The van der Waals surface area contributed by atoms with Gasteiger partial charge in [0.25, 0.3) is 0 Å². The van der Waals surface area contributed by atoms with Gasteiger partial charge >= 0.3 is 7.82 Å². The Kier molecular flexibility index (Phi) is 18.3. The second-order valence-corrected chi connectivity index (χ2v) is 14.6. The number of anilines is 1. The molecule has 0 aromatic carbocycles. The molecule has 0 radical (unpaired) electrons. The Morgan fingerprint density at radius 1 is 0.938 bits per heavy atom. The highest BCUT2D eigenvalue weighted by molar-refractivity contribution is 7.47. The largest absolute Gasteiger partial charge is 0.472 e. The molecule has 5 N–H and O–H groups in total. The molecule has 276 valence electrons. The van der Waals surface area contributed by atoms with Crippen LogP contribution < -0.4 is 5.73 Å². The Labute approximate surface area is 286 Å². The van der Waals surface area contributed by atoms with Gasteiger partial charge in [0.2, 0.25) is 0 Å². The van der Waals surface area contributed by atoms with Gasteiger partial charge in [-0.25, -0.2) is 14.1 Å². The van der Waals surface area contributed by atoms with Gasteiger partial charge in [0.15, 0.2) is 5.82 Å². The van der Waals surface area contributed by atoms with Crippen molar-refractivity contribution in [3.05, 3.63) is 24.2 Å². The lowest BCUT2D eigenvalue weighted by atomic mass is 9.93. The van der Waals surface area contributed by atoms with Gasteiger partial charge in [-0.2, -0.15) is 5.10 Å². The Bertz CT molecular complexity index is 1220. The minimum atomic E-state index is -4.53. The quantitative estimate of drug-likeness (QED) is 0.0625. The normalized spacial score (nSPS) is 23.2. The molecule has 1 aliphatic rings. The summed E-state index contributed by atoms with van der Waals surface area (Å²) in [4.78, 5) is 14.2. The van der Waals surface area contributed by atoms with Crippen LogP contribution in [0.25, 0.3) is 5.52 Å². The number of methoxy groups -OCH3 is 1. The first-order chi connectivity index (χ1) is 23.1. The smallest absolute Gasteiger partial charge is 0.387 e. The highest BCUT2D eigenvalue weighted by Gasteiger charge is 2.54. The third-order valence-corrected chi connectivity index (χ3v) is 10.2. The number of nitrogens with zero attached hydrogens (tertiary/aromatic N) is 3. The first-order valence-electron chi connectivity index (χ1n) is 18.0. The number of fused-ring (bicyclic) bond motifs is 1. The van der Waals surface area contributed by atoms with E-state index in [-0.39, 0.29) is 19.0 Å². The number of aromatic nitrogens is 3. The summed E-state index contributed by atoms with van der Waals surface area (Å²) >= 11 is 0. The summed E-state index contributed by atoms with van der Waals surface area (Å²) < 4.78 is 41.4.